The molecule has 1 aliphatic carbocycles. The largest absolute Gasteiger partial charge is 0.478 e. The first-order valence-electron chi connectivity index (χ1n) is 12.5. The molecule has 1 atom stereocenters. The van der Waals surface area contributed by atoms with Gasteiger partial charge in [-0.1, -0.05) is 37.2 Å². The molecule has 8 nitrogen and oxygen atoms in total. The maximum absolute atomic E-state index is 12.8. The van der Waals surface area contributed by atoms with Crippen molar-refractivity contribution in [1.82, 2.24) is 14.5 Å². The number of hydrogen-bond acceptors (Lipinski definition) is 7. The van der Waals surface area contributed by atoms with Gasteiger partial charge in [0, 0.05) is 29.9 Å². The topological polar surface area (TPSA) is 101 Å². The van der Waals surface area contributed by atoms with Gasteiger partial charge in [0.05, 0.1) is 11.2 Å². The Kier molecular flexibility index (Phi) is 5.86. The van der Waals surface area contributed by atoms with Gasteiger partial charge in [0.2, 0.25) is 5.88 Å². The third-order valence-electron chi connectivity index (χ3n) is 7.03. The maximum atomic E-state index is 12.8. The lowest BCUT2D eigenvalue weighted by molar-refractivity contribution is 0.0486. The molecule has 1 fully saturated rings. The molecule has 6 rings (SSSR count). The number of aromatic nitrogens is 3. The van der Waals surface area contributed by atoms with Crippen molar-refractivity contribution in [2.24, 2.45) is 5.73 Å². The van der Waals surface area contributed by atoms with Crippen LogP contribution in [0.5, 0.6) is 17.5 Å². The van der Waals surface area contributed by atoms with E-state index in [9.17, 15) is 4.79 Å². The van der Waals surface area contributed by atoms with Crippen molar-refractivity contribution in [3.8, 4) is 40.6 Å². The second-order valence-electron chi connectivity index (χ2n) is 9.67. The number of aryl methyl sites for hydroxylation is 1. The minimum absolute atomic E-state index is 0.201. The van der Waals surface area contributed by atoms with Gasteiger partial charge < -0.3 is 19.9 Å². The van der Waals surface area contributed by atoms with Crippen molar-refractivity contribution >= 4 is 0 Å². The van der Waals surface area contributed by atoms with Gasteiger partial charge >= 0.3 is 5.69 Å². The van der Waals surface area contributed by atoms with E-state index in [-0.39, 0.29) is 29.8 Å². The summed E-state index contributed by atoms with van der Waals surface area (Å²) in [5, 5.41) is 0. The first kappa shape index (κ1) is 22.6. The number of nitrogens with two attached hydrogens (primary N) is 1. The number of fused-ring (bicyclic) bond motifs is 4. The van der Waals surface area contributed by atoms with Crippen LogP contribution in [-0.4, -0.2) is 39.4 Å². The average molecular weight is 485 g/mol. The third kappa shape index (κ3) is 4.54. The highest BCUT2D eigenvalue weighted by Gasteiger charge is 2.26. The molecular formula is C28H28N4O4. The number of hydrogen-bond donors (Lipinski definition) is 1. The van der Waals surface area contributed by atoms with E-state index in [0.29, 0.717) is 24.8 Å². The predicted octanol–water partition coefficient (Wildman–Crippen LogP) is 3.09. The number of benzene rings is 1. The monoisotopic (exact) mass is 484 g/mol. The Morgan fingerprint density at radius 2 is 2.08 bits per heavy atom. The molecule has 184 valence electrons. The number of ether oxygens (including phenoxy) is 3. The van der Waals surface area contributed by atoms with E-state index >= 15 is 0 Å². The van der Waals surface area contributed by atoms with E-state index in [1.54, 1.807) is 22.9 Å². The number of pyridine rings is 1. The van der Waals surface area contributed by atoms with Crippen molar-refractivity contribution < 1.29 is 14.2 Å². The highest BCUT2D eigenvalue weighted by molar-refractivity contribution is 5.68. The molecule has 2 aliphatic heterocycles. The lowest BCUT2D eigenvalue weighted by Gasteiger charge is -2.27. The fourth-order valence-electron chi connectivity index (χ4n) is 5.08. The lowest BCUT2D eigenvalue weighted by Crippen LogP contribution is -2.40. The zero-order valence-corrected chi connectivity index (χ0v) is 20.0. The smallest absolute Gasteiger partial charge is 0.351 e. The lowest BCUT2D eigenvalue weighted by atomic mass is 9.83. The second kappa shape index (κ2) is 9.32. The van der Waals surface area contributed by atoms with Crippen molar-refractivity contribution in [3.05, 3.63) is 64.2 Å². The standard InChI is InChI=1S/C28H28N4O4/c29-28(10-2-1-3-11-28)12-8-19-6-7-22-20(15-19)9-14-32-23(22)16-25(31-27(32)33)34-17-21-18-35-26-24(36-21)5-4-13-30-26/h4-7,13,15-16,21H,1-3,9-11,14,17-18,29H2. The molecule has 2 N–H and O–H groups in total. The minimum Gasteiger partial charge on any atom is -0.478 e. The molecule has 0 radical (unpaired) electrons. The summed E-state index contributed by atoms with van der Waals surface area (Å²) >= 11 is 0. The van der Waals surface area contributed by atoms with Crippen LogP contribution in [0.15, 0.2) is 47.4 Å². The Labute approximate surface area is 209 Å². The van der Waals surface area contributed by atoms with Crippen molar-refractivity contribution in [2.75, 3.05) is 13.2 Å². The van der Waals surface area contributed by atoms with Crippen LogP contribution in [0.1, 0.15) is 43.2 Å². The molecule has 8 heteroatoms. The molecule has 0 amide bonds. The quantitative estimate of drug-likeness (QED) is 0.570. The first-order valence-corrected chi connectivity index (χ1v) is 12.5. The molecule has 3 aliphatic rings. The van der Waals surface area contributed by atoms with Crippen LogP contribution in [0.2, 0.25) is 0 Å². The van der Waals surface area contributed by atoms with E-state index in [4.69, 9.17) is 19.9 Å². The molecular weight excluding hydrogens is 456 g/mol. The highest BCUT2D eigenvalue weighted by atomic mass is 16.6. The van der Waals surface area contributed by atoms with Gasteiger partial charge in [-0.05, 0) is 49.1 Å². The van der Waals surface area contributed by atoms with Gasteiger partial charge in [0.1, 0.15) is 13.2 Å². The van der Waals surface area contributed by atoms with Crippen LogP contribution in [-0.2, 0) is 13.0 Å². The molecule has 36 heavy (non-hydrogen) atoms. The summed E-state index contributed by atoms with van der Waals surface area (Å²) in [5.74, 6) is 7.95. The molecule has 0 spiro atoms. The number of nitrogens with zero attached hydrogens (tertiary/aromatic N) is 3. The number of rotatable bonds is 3. The minimum atomic E-state index is -0.377. The normalized spacial score (nSPS) is 19.3. The fourth-order valence-corrected chi connectivity index (χ4v) is 5.08. The van der Waals surface area contributed by atoms with Gasteiger partial charge in [-0.3, -0.25) is 4.57 Å². The van der Waals surface area contributed by atoms with E-state index in [1.807, 2.05) is 18.2 Å². The molecule has 4 heterocycles. The summed E-state index contributed by atoms with van der Waals surface area (Å²) in [7, 11) is 0. The maximum Gasteiger partial charge on any atom is 0.351 e. The first-order chi connectivity index (χ1) is 17.6. The molecule has 1 aromatic carbocycles. The van der Waals surface area contributed by atoms with Gasteiger partial charge in [-0.25, -0.2) is 9.78 Å². The van der Waals surface area contributed by atoms with Gasteiger partial charge in [0.25, 0.3) is 5.88 Å². The Hall–Kier alpha value is -3.83. The molecule has 1 unspecified atom stereocenters. The molecule has 0 bridgehead atoms. The summed E-state index contributed by atoms with van der Waals surface area (Å²) in [6, 6.07) is 11.5. The van der Waals surface area contributed by atoms with Crippen LogP contribution in [0.3, 0.4) is 0 Å². The van der Waals surface area contributed by atoms with Gasteiger partial charge in [-0.15, -0.1) is 0 Å². The molecule has 0 saturated heterocycles. The second-order valence-corrected chi connectivity index (χ2v) is 9.67. The van der Waals surface area contributed by atoms with Crippen LogP contribution in [0.4, 0.5) is 0 Å². The molecule has 3 aromatic rings. The Balaban J connectivity index is 1.20. The zero-order chi connectivity index (χ0) is 24.5. The van der Waals surface area contributed by atoms with E-state index in [1.165, 1.54) is 6.42 Å². The van der Waals surface area contributed by atoms with Crippen LogP contribution in [0, 0.1) is 11.8 Å². The van der Waals surface area contributed by atoms with Gasteiger partial charge in [-0.2, -0.15) is 4.98 Å². The third-order valence-corrected chi connectivity index (χ3v) is 7.03. The summed E-state index contributed by atoms with van der Waals surface area (Å²) in [4.78, 5) is 21.0. The van der Waals surface area contributed by atoms with Crippen LogP contribution < -0.4 is 25.6 Å². The fraction of sp³-hybridized carbons (Fsp3) is 0.393. The molecule has 1 saturated carbocycles. The predicted molar refractivity (Wildman–Crippen MR) is 134 cm³/mol. The summed E-state index contributed by atoms with van der Waals surface area (Å²) < 4.78 is 19.1. The summed E-state index contributed by atoms with van der Waals surface area (Å²) in [6.07, 6.45) is 7.51. The Bertz CT molecular complexity index is 1420. The average Bonchev–Trinajstić information content (AvgIpc) is 2.91. The Morgan fingerprint density at radius 1 is 1.19 bits per heavy atom. The van der Waals surface area contributed by atoms with E-state index in [2.05, 4.69) is 27.9 Å². The highest BCUT2D eigenvalue weighted by Crippen LogP contribution is 2.32. The zero-order valence-electron chi connectivity index (χ0n) is 20.0. The SMILES string of the molecule is NC1(C#Cc2ccc3c(c2)CCn2c-3cc(OCC3COc4ncccc4O3)nc2=O)CCCCC1. The summed E-state index contributed by atoms with van der Waals surface area (Å²) in [5.41, 5.74) is 9.69. The molecule has 2 aromatic heterocycles. The van der Waals surface area contributed by atoms with Crippen LogP contribution >= 0.6 is 0 Å². The van der Waals surface area contributed by atoms with Crippen molar-refractivity contribution in [3.63, 3.8) is 0 Å². The van der Waals surface area contributed by atoms with E-state index < -0.39 is 0 Å². The Morgan fingerprint density at radius 3 is 2.97 bits per heavy atom. The van der Waals surface area contributed by atoms with Crippen molar-refractivity contribution in [2.45, 2.75) is 56.7 Å². The summed E-state index contributed by atoms with van der Waals surface area (Å²) in [6.45, 7) is 1.08. The van der Waals surface area contributed by atoms with Crippen LogP contribution in [0.25, 0.3) is 11.3 Å². The van der Waals surface area contributed by atoms with Gasteiger partial charge in [0.15, 0.2) is 11.9 Å². The van der Waals surface area contributed by atoms with Crippen molar-refractivity contribution in [1.29, 1.82) is 0 Å². The van der Waals surface area contributed by atoms with E-state index in [0.717, 1.165) is 54.5 Å².